The van der Waals surface area contributed by atoms with Gasteiger partial charge in [-0.3, -0.25) is 4.79 Å². The Hall–Kier alpha value is -3.20. The van der Waals surface area contributed by atoms with Crippen LogP contribution >= 0.6 is 11.8 Å². The van der Waals surface area contributed by atoms with Crippen LogP contribution in [0.5, 0.6) is 11.6 Å². The molecule has 0 saturated carbocycles. The van der Waals surface area contributed by atoms with E-state index in [0.717, 1.165) is 48.3 Å². The van der Waals surface area contributed by atoms with Crippen molar-refractivity contribution >= 4 is 17.7 Å². The maximum atomic E-state index is 13.1. The molecule has 0 fully saturated rings. The quantitative estimate of drug-likeness (QED) is 0.389. The molecule has 5 nitrogen and oxygen atoms in total. The van der Waals surface area contributed by atoms with Gasteiger partial charge in [0.15, 0.2) is 0 Å². The van der Waals surface area contributed by atoms with Crippen LogP contribution in [0.25, 0.3) is 0 Å². The summed E-state index contributed by atoms with van der Waals surface area (Å²) in [5, 5.41) is 3.63. The second-order valence-corrected chi connectivity index (χ2v) is 9.14. The van der Waals surface area contributed by atoms with Gasteiger partial charge in [-0.1, -0.05) is 30.3 Å². The fraction of sp³-hybridized carbons (Fsp3) is 0.308. The highest BCUT2D eigenvalue weighted by Crippen LogP contribution is 2.36. The molecule has 1 aliphatic carbocycles. The smallest absolute Gasteiger partial charge is 0.416 e. The monoisotopic (exact) mass is 502 g/mol. The minimum absolute atomic E-state index is 0.152. The number of amides is 1. The number of halogens is 3. The molecule has 1 aliphatic rings. The number of benzene rings is 2. The molecule has 4 rings (SSSR count). The molecule has 2 aromatic carbocycles. The molecule has 1 atom stereocenters. The summed E-state index contributed by atoms with van der Waals surface area (Å²) >= 11 is 1.27. The van der Waals surface area contributed by atoms with Crippen molar-refractivity contribution in [2.45, 2.75) is 42.3 Å². The van der Waals surface area contributed by atoms with Crippen molar-refractivity contribution in [3.05, 3.63) is 82.4 Å². The number of aromatic nitrogens is 1. The molecule has 9 heteroatoms. The number of carbonyl (C=O) groups is 1. The Bertz CT molecular complexity index is 1220. The average Bonchev–Trinajstić information content (AvgIpc) is 2.86. The zero-order valence-corrected chi connectivity index (χ0v) is 20.1. The van der Waals surface area contributed by atoms with E-state index < -0.39 is 11.7 Å². The van der Waals surface area contributed by atoms with Gasteiger partial charge in [0.25, 0.3) is 5.91 Å². The van der Waals surface area contributed by atoms with Gasteiger partial charge in [-0.2, -0.15) is 13.2 Å². The summed E-state index contributed by atoms with van der Waals surface area (Å²) in [6.07, 6.45) is -1.75. The highest BCUT2D eigenvalue weighted by Gasteiger charge is 2.30. The number of pyridine rings is 1. The van der Waals surface area contributed by atoms with Gasteiger partial charge in [-0.25, -0.2) is 4.98 Å². The minimum Gasteiger partial charge on any atom is -0.496 e. The van der Waals surface area contributed by atoms with Crippen LogP contribution in [-0.4, -0.2) is 25.1 Å². The molecular weight excluding hydrogens is 477 g/mol. The first kappa shape index (κ1) is 24.9. The molecule has 0 spiro atoms. The highest BCUT2D eigenvalue weighted by atomic mass is 32.2. The van der Waals surface area contributed by atoms with Crippen molar-refractivity contribution in [3.63, 3.8) is 0 Å². The largest absolute Gasteiger partial charge is 0.496 e. The van der Waals surface area contributed by atoms with E-state index in [1.807, 2.05) is 18.2 Å². The second-order valence-electron chi connectivity index (χ2n) is 8.14. The summed E-state index contributed by atoms with van der Waals surface area (Å²) in [7, 11) is 3.07. The molecule has 1 unspecified atom stereocenters. The summed E-state index contributed by atoms with van der Waals surface area (Å²) in [4.78, 5) is 17.5. The Morgan fingerprint density at radius 3 is 2.66 bits per heavy atom. The molecule has 0 bridgehead atoms. The molecule has 1 aromatic heterocycles. The van der Waals surface area contributed by atoms with E-state index in [-0.39, 0.29) is 17.8 Å². The molecule has 1 heterocycles. The van der Waals surface area contributed by atoms with Crippen molar-refractivity contribution in [1.29, 1.82) is 0 Å². The van der Waals surface area contributed by atoms with E-state index in [9.17, 15) is 18.0 Å². The number of ether oxygens (including phenoxy) is 2. The number of fused-ring (bicyclic) bond motifs is 1. The number of carbonyl (C=O) groups excluding carboxylic acids is 1. The van der Waals surface area contributed by atoms with E-state index >= 15 is 0 Å². The number of methoxy groups -OCH3 is 2. The van der Waals surface area contributed by atoms with Gasteiger partial charge in [0.1, 0.15) is 16.3 Å². The van der Waals surface area contributed by atoms with Gasteiger partial charge < -0.3 is 14.8 Å². The van der Waals surface area contributed by atoms with Gasteiger partial charge in [0, 0.05) is 5.75 Å². The molecule has 35 heavy (non-hydrogen) atoms. The number of thioether (sulfide) groups is 1. The number of nitrogens with one attached hydrogen (secondary N) is 1. The number of rotatable bonds is 7. The van der Waals surface area contributed by atoms with Crippen LogP contribution in [0.4, 0.5) is 13.2 Å². The van der Waals surface area contributed by atoms with Crippen molar-refractivity contribution in [3.8, 4) is 11.6 Å². The number of hydrogen-bond acceptors (Lipinski definition) is 5. The number of alkyl halides is 3. The maximum absolute atomic E-state index is 13.1. The predicted molar refractivity (Wildman–Crippen MR) is 128 cm³/mol. The van der Waals surface area contributed by atoms with Gasteiger partial charge in [-0.15, -0.1) is 11.8 Å². The van der Waals surface area contributed by atoms with E-state index in [1.54, 1.807) is 25.3 Å². The van der Waals surface area contributed by atoms with E-state index in [0.29, 0.717) is 21.9 Å². The average molecular weight is 503 g/mol. The van der Waals surface area contributed by atoms with Gasteiger partial charge in [0.05, 0.1) is 25.8 Å². The Balaban J connectivity index is 1.47. The van der Waals surface area contributed by atoms with Crippen LogP contribution in [0.15, 0.2) is 59.6 Å². The van der Waals surface area contributed by atoms with E-state index in [1.165, 1.54) is 24.9 Å². The molecule has 1 amide bonds. The summed E-state index contributed by atoms with van der Waals surface area (Å²) in [6, 6.07) is 14.2. The van der Waals surface area contributed by atoms with Crippen LogP contribution < -0.4 is 14.8 Å². The topological polar surface area (TPSA) is 60.5 Å². The normalized spacial score (nSPS) is 15.3. The standard InChI is InChI=1S/C26H25F3N2O3S/c1-33-22-11-5-8-18-19(22)9-4-10-21(18)30-24(32)20-12-13-23(31-25(20)34-2)35-15-16-6-3-7-17(14-16)26(27,28)29/h3,5-8,11-14,21H,4,9-10,15H2,1-2H3,(H,30,32). The van der Waals surface area contributed by atoms with Crippen LogP contribution in [0, 0.1) is 0 Å². The van der Waals surface area contributed by atoms with E-state index in [2.05, 4.69) is 10.3 Å². The second kappa shape index (κ2) is 10.6. The lowest BCUT2D eigenvalue weighted by Gasteiger charge is -2.27. The molecule has 3 aromatic rings. The van der Waals surface area contributed by atoms with Crippen LogP contribution in [0.3, 0.4) is 0 Å². The first-order valence-electron chi connectivity index (χ1n) is 11.1. The molecule has 0 aliphatic heterocycles. The van der Waals surface area contributed by atoms with Crippen LogP contribution in [0.2, 0.25) is 0 Å². The first-order chi connectivity index (χ1) is 16.8. The summed E-state index contributed by atoms with van der Waals surface area (Å²) in [5.41, 5.74) is 2.29. The summed E-state index contributed by atoms with van der Waals surface area (Å²) in [5.74, 6) is 0.984. The number of hydrogen-bond donors (Lipinski definition) is 1. The maximum Gasteiger partial charge on any atom is 0.416 e. The highest BCUT2D eigenvalue weighted by molar-refractivity contribution is 7.98. The third-order valence-corrected chi connectivity index (χ3v) is 6.90. The van der Waals surface area contributed by atoms with Crippen molar-refractivity contribution in [2.24, 2.45) is 0 Å². The van der Waals surface area contributed by atoms with Crippen molar-refractivity contribution in [1.82, 2.24) is 10.3 Å². The number of nitrogens with zero attached hydrogens (tertiary/aromatic N) is 1. The van der Waals surface area contributed by atoms with Crippen LogP contribution in [0.1, 0.15) is 51.5 Å². The Morgan fingerprint density at radius 1 is 1.11 bits per heavy atom. The van der Waals surface area contributed by atoms with Gasteiger partial charge in [0.2, 0.25) is 5.88 Å². The Kier molecular flexibility index (Phi) is 7.54. The molecule has 0 saturated heterocycles. The fourth-order valence-corrected chi connectivity index (χ4v) is 5.03. The molecule has 184 valence electrons. The minimum atomic E-state index is -4.39. The van der Waals surface area contributed by atoms with E-state index in [4.69, 9.17) is 9.47 Å². The predicted octanol–water partition coefficient (Wildman–Crippen LogP) is 6.22. The van der Waals surface area contributed by atoms with Gasteiger partial charge in [-0.05, 0) is 60.2 Å². The third-order valence-electron chi connectivity index (χ3n) is 5.90. The van der Waals surface area contributed by atoms with Gasteiger partial charge >= 0.3 is 6.18 Å². The zero-order chi connectivity index (χ0) is 25.0. The molecule has 0 radical (unpaired) electrons. The lowest BCUT2D eigenvalue weighted by atomic mass is 9.87. The van der Waals surface area contributed by atoms with Crippen LogP contribution in [-0.2, 0) is 18.3 Å². The van der Waals surface area contributed by atoms with Crippen molar-refractivity contribution in [2.75, 3.05) is 14.2 Å². The Labute approximate surface area is 206 Å². The first-order valence-corrected chi connectivity index (χ1v) is 12.1. The fourth-order valence-electron chi connectivity index (χ4n) is 4.22. The third kappa shape index (κ3) is 5.73. The van der Waals surface area contributed by atoms with Crippen molar-refractivity contribution < 1.29 is 27.4 Å². The molecule has 1 N–H and O–H groups in total. The lowest BCUT2D eigenvalue weighted by molar-refractivity contribution is -0.137. The molecular formula is C26H25F3N2O3S. The SMILES string of the molecule is COc1cccc2c1CCCC2NC(=O)c1ccc(SCc2cccc(C(F)(F)F)c2)nc1OC. The zero-order valence-electron chi connectivity index (χ0n) is 19.3. The summed E-state index contributed by atoms with van der Waals surface area (Å²) in [6.45, 7) is 0. The lowest BCUT2D eigenvalue weighted by Crippen LogP contribution is -2.31. The Morgan fingerprint density at radius 2 is 1.91 bits per heavy atom. The summed E-state index contributed by atoms with van der Waals surface area (Å²) < 4.78 is 49.7.